The van der Waals surface area contributed by atoms with E-state index in [0.29, 0.717) is 5.69 Å². The Kier molecular flexibility index (Phi) is 4.72. The molecule has 2 amide bonds. The zero-order chi connectivity index (χ0) is 16.8. The average molecular weight is 318 g/mol. The Balaban J connectivity index is 1.60. The van der Waals surface area contributed by atoms with Crippen LogP contribution in [0.15, 0.2) is 72.9 Å². The molecule has 1 aromatic heterocycles. The molecule has 1 heterocycles. The number of hydrogen-bond acceptors (Lipinski definition) is 3. The first-order chi connectivity index (χ1) is 11.7. The molecule has 0 atom stereocenters. The Morgan fingerprint density at radius 2 is 1.54 bits per heavy atom. The number of hydrogen-bond donors (Lipinski definition) is 3. The number of nitrogens with zero attached hydrogens (tertiary/aromatic N) is 1. The molecule has 120 valence electrons. The first-order valence-corrected chi connectivity index (χ1v) is 7.62. The minimum atomic E-state index is -0.303. The number of amides is 2. The molecule has 24 heavy (non-hydrogen) atoms. The highest BCUT2D eigenvalue weighted by Crippen LogP contribution is 2.19. The van der Waals surface area contributed by atoms with Crippen LogP contribution in [0.25, 0.3) is 0 Å². The molecule has 3 rings (SSSR count). The summed E-state index contributed by atoms with van der Waals surface area (Å²) in [6, 6.07) is 20.6. The van der Waals surface area contributed by atoms with Crippen LogP contribution >= 0.6 is 0 Å². The molecule has 0 unspecified atom stereocenters. The number of carbonyl (C=O) groups excluding carboxylic acids is 1. The topological polar surface area (TPSA) is 66.0 Å². The molecule has 0 aliphatic heterocycles. The van der Waals surface area contributed by atoms with Gasteiger partial charge in [-0.05, 0) is 42.8 Å². The van der Waals surface area contributed by atoms with Gasteiger partial charge in [-0.25, -0.2) is 9.78 Å². The minimum absolute atomic E-state index is 0.303. The maximum absolute atomic E-state index is 11.9. The van der Waals surface area contributed by atoms with Crippen LogP contribution in [0.4, 0.5) is 27.7 Å². The third kappa shape index (κ3) is 4.10. The van der Waals surface area contributed by atoms with Crippen molar-refractivity contribution >= 4 is 28.9 Å². The van der Waals surface area contributed by atoms with Gasteiger partial charge in [-0.2, -0.15) is 0 Å². The van der Waals surface area contributed by atoms with Crippen molar-refractivity contribution in [2.75, 3.05) is 16.0 Å². The number of carbonyl (C=O) groups is 1. The Morgan fingerprint density at radius 3 is 2.25 bits per heavy atom. The predicted octanol–water partition coefficient (Wildman–Crippen LogP) is 4.78. The highest BCUT2D eigenvalue weighted by atomic mass is 16.2. The van der Waals surface area contributed by atoms with Crippen LogP contribution in [0.2, 0.25) is 0 Å². The molecule has 3 aromatic rings. The summed E-state index contributed by atoms with van der Waals surface area (Å²) in [4.78, 5) is 16.3. The lowest BCUT2D eigenvalue weighted by atomic mass is 10.2. The summed E-state index contributed by atoms with van der Waals surface area (Å²) in [7, 11) is 0. The van der Waals surface area contributed by atoms with Crippen LogP contribution in [0, 0.1) is 6.92 Å². The van der Waals surface area contributed by atoms with E-state index in [2.05, 4.69) is 20.9 Å². The average Bonchev–Trinajstić information content (AvgIpc) is 2.59. The maximum atomic E-state index is 11.9. The van der Waals surface area contributed by atoms with Crippen LogP contribution in [0.1, 0.15) is 5.56 Å². The van der Waals surface area contributed by atoms with E-state index >= 15 is 0 Å². The molecular weight excluding hydrogens is 300 g/mol. The molecule has 0 saturated heterocycles. The van der Waals surface area contributed by atoms with Gasteiger partial charge in [-0.1, -0.05) is 36.4 Å². The second-order valence-electron chi connectivity index (χ2n) is 5.32. The van der Waals surface area contributed by atoms with Crippen LogP contribution < -0.4 is 16.0 Å². The fourth-order valence-corrected chi connectivity index (χ4v) is 2.21. The lowest BCUT2D eigenvalue weighted by molar-refractivity contribution is 0.262. The number of aromatic nitrogens is 1. The van der Waals surface area contributed by atoms with Crippen molar-refractivity contribution in [1.82, 2.24) is 4.98 Å². The molecule has 0 saturated carbocycles. The van der Waals surface area contributed by atoms with Gasteiger partial charge in [0.1, 0.15) is 5.82 Å². The van der Waals surface area contributed by atoms with E-state index in [1.54, 1.807) is 12.3 Å². The number of para-hydroxylation sites is 2. The van der Waals surface area contributed by atoms with Crippen molar-refractivity contribution in [3.8, 4) is 0 Å². The van der Waals surface area contributed by atoms with Gasteiger partial charge >= 0.3 is 6.03 Å². The standard InChI is InChI=1S/C19H18N4O/c1-14-7-5-6-10-17(14)23-18-12-11-16(13-20-18)22-19(24)21-15-8-3-2-4-9-15/h2-13H,1H3,(H,20,23)(H2,21,22,24). The molecule has 5 heteroatoms. The summed E-state index contributed by atoms with van der Waals surface area (Å²) in [5.41, 5.74) is 3.51. The molecule has 0 bridgehead atoms. The monoisotopic (exact) mass is 318 g/mol. The van der Waals surface area contributed by atoms with Gasteiger partial charge in [0, 0.05) is 11.4 Å². The molecule has 3 N–H and O–H groups in total. The van der Waals surface area contributed by atoms with Crippen LogP contribution in [-0.4, -0.2) is 11.0 Å². The van der Waals surface area contributed by atoms with Crippen molar-refractivity contribution in [3.05, 3.63) is 78.5 Å². The van der Waals surface area contributed by atoms with Gasteiger partial charge < -0.3 is 16.0 Å². The second kappa shape index (κ2) is 7.28. The number of benzene rings is 2. The molecule has 0 aliphatic rings. The van der Waals surface area contributed by atoms with Gasteiger partial charge in [0.05, 0.1) is 11.9 Å². The highest BCUT2D eigenvalue weighted by molar-refractivity contribution is 5.99. The summed E-state index contributed by atoms with van der Waals surface area (Å²) in [6.07, 6.45) is 1.62. The Labute approximate surface area is 140 Å². The van der Waals surface area contributed by atoms with Gasteiger partial charge in [0.15, 0.2) is 0 Å². The first-order valence-electron chi connectivity index (χ1n) is 7.62. The minimum Gasteiger partial charge on any atom is -0.340 e. The lowest BCUT2D eigenvalue weighted by Gasteiger charge is -2.10. The van der Waals surface area contributed by atoms with Gasteiger partial charge in [0.2, 0.25) is 0 Å². The van der Waals surface area contributed by atoms with Gasteiger partial charge in [-0.3, -0.25) is 0 Å². The lowest BCUT2D eigenvalue weighted by Crippen LogP contribution is -2.19. The molecule has 0 aliphatic carbocycles. The zero-order valence-electron chi connectivity index (χ0n) is 13.3. The second-order valence-corrected chi connectivity index (χ2v) is 5.32. The highest BCUT2D eigenvalue weighted by Gasteiger charge is 2.04. The molecular formula is C19H18N4O. The van der Waals surface area contributed by atoms with E-state index in [1.165, 1.54) is 0 Å². The quantitative estimate of drug-likeness (QED) is 0.648. The van der Waals surface area contributed by atoms with E-state index in [1.807, 2.05) is 67.6 Å². The number of urea groups is 1. The Morgan fingerprint density at radius 1 is 0.833 bits per heavy atom. The van der Waals surface area contributed by atoms with E-state index < -0.39 is 0 Å². The zero-order valence-corrected chi connectivity index (χ0v) is 13.3. The fourth-order valence-electron chi connectivity index (χ4n) is 2.21. The third-order valence-corrected chi connectivity index (χ3v) is 3.46. The third-order valence-electron chi connectivity index (χ3n) is 3.46. The largest absolute Gasteiger partial charge is 0.340 e. The Hall–Kier alpha value is -3.34. The molecule has 2 aromatic carbocycles. The molecule has 5 nitrogen and oxygen atoms in total. The summed E-state index contributed by atoms with van der Waals surface area (Å²) >= 11 is 0. The van der Waals surface area contributed by atoms with Crippen LogP contribution in [-0.2, 0) is 0 Å². The number of rotatable bonds is 4. The van der Waals surface area contributed by atoms with Crippen molar-refractivity contribution in [1.29, 1.82) is 0 Å². The summed E-state index contributed by atoms with van der Waals surface area (Å²) < 4.78 is 0. The number of anilines is 4. The van der Waals surface area contributed by atoms with Crippen molar-refractivity contribution in [2.24, 2.45) is 0 Å². The SMILES string of the molecule is Cc1ccccc1Nc1ccc(NC(=O)Nc2ccccc2)cn1. The van der Waals surface area contributed by atoms with Crippen LogP contribution in [0.5, 0.6) is 0 Å². The van der Waals surface area contributed by atoms with Gasteiger partial charge in [-0.15, -0.1) is 0 Å². The summed E-state index contributed by atoms with van der Waals surface area (Å²) in [5.74, 6) is 0.721. The normalized spacial score (nSPS) is 10.0. The fraction of sp³-hybridized carbons (Fsp3) is 0.0526. The summed E-state index contributed by atoms with van der Waals surface area (Å²) in [5, 5.41) is 8.76. The van der Waals surface area contributed by atoms with E-state index in [4.69, 9.17) is 0 Å². The predicted molar refractivity (Wildman–Crippen MR) is 97.8 cm³/mol. The van der Waals surface area contributed by atoms with E-state index in [-0.39, 0.29) is 6.03 Å². The molecule has 0 fully saturated rings. The van der Waals surface area contributed by atoms with E-state index in [0.717, 1.165) is 22.8 Å². The van der Waals surface area contributed by atoms with Crippen molar-refractivity contribution in [3.63, 3.8) is 0 Å². The van der Waals surface area contributed by atoms with Crippen molar-refractivity contribution in [2.45, 2.75) is 6.92 Å². The first kappa shape index (κ1) is 15.6. The smallest absolute Gasteiger partial charge is 0.323 e. The molecule has 0 radical (unpaired) electrons. The van der Waals surface area contributed by atoms with Crippen molar-refractivity contribution < 1.29 is 4.79 Å². The van der Waals surface area contributed by atoms with Crippen LogP contribution in [0.3, 0.4) is 0 Å². The molecule has 0 spiro atoms. The number of aryl methyl sites for hydroxylation is 1. The number of pyridine rings is 1. The maximum Gasteiger partial charge on any atom is 0.323 e. The number of nitrogens with one attached hydrogen (secondary N) is 3. The summed E-state index contributed by atoms with van der Waals surface area (Å²) in [6.45, 7) is 2.03. The van der Waals surface area contributed by atoms with Gasteiger partial charge in [0.25, 0.3) is 0 Å². The van der Waals surface area contributed by atoms with E-state index in [9.17, 15) is 4.79 Å². The Bertz CT molecular complexity index is 816.